The Morgan fingerprint density at radius 2 is 1.75 bits per heavy atom. The number of hydrogen-bond acceptors (Lipinski definition) is 4. The average Bonchev–Trinajstić information content (AvgIpc) is 3.10. The fraction of sp³-hybridized carbons (Fsp3) is 0.381. The first-order chi connectivity index (χ1) is 13.5. The van der Waals surface area contributed by atoms with Crippen molar-refractivity contribution in [2.75, 3.05) is 25.5 Å². The minimum atomic E-state index is -0.213. The van der Waals surface area contributed by atoms with Crippen LogP contribution in [0.4, 0.5) is 10.6 Å². The Morgan fingerprint density at radius 1 is 1.07 bits per heavy atom. The maximum absolute atomic E-state index is 12.0. The van der Waals surface area contributed by atoms with E-state index < -0.39 is 0 Å². The lowest BCUT2D eigenvalue weighted by Gasteiger charge is -2.15. The van der Waals surface area contributed by atoms with Crippen molar-refractivity contribution in [1.29, 1.82) is 0 Å². The predicted molar refractivity (Wildman–Crippen MR) is 109 cm³/mol. The maximum Gasteiger partial charge on any atom is 0.315 e. The molecule has 2 N–H and O–H groups in total. The van der Waals surface area contributed by atoms with Crippen molar-refractivity contribution in [1.82, 2.24) is 20.5 Å². The number of anilines is 1. The van der Waals surface area contributed by atoms with Crippen LogP contribution in [0.3, 0.4) is 0 Å². The van der Waals surface area contributed by atoms with Crippen LogP contribution in [-0.4, -0.2) is 42.5 Å². The van der Waals surface area contributed by atoms with Crippen LogP contribution >= 0.6 is 0 Å². The van der Waals surface area contributed by atoms with Crippen molar-refractivity contribution in [2.45, 2.75) is 32.5 Å². The molecule has 0 saturated carbocycles. The third kappa shape index (κ3) is 5.45. The Hall–Kier alpha value is -3.09. The number of aromatic nitrogens is 1. The molecule has 0 aliphatic carbocycles. The monoisotopic (exact) mass is 381 g/mol. The van der Waals surface area contributed by atoms with Crippen LogP contribution in [-0.2, 0) is 24.4 Å². The van der Waals surface area contributed by atoms with Gasteiger partial charge in [0, 0.05) is 52.9 Å². The number of nitrogens with zero attached hydrogens (tertiary/aromatic N) is 3. The SMILES string of the molecule is CN(C)c1cc(CNC(=O)NCc2ccc(CN3CCCC3=O)cc2)ccn1. The fourth-order valence-corrected chi connectivity index (χ4v) is 3.10. The second kappa shape index (κ2) is 9.21. The number of carbonyl (C=O) groups excluding carboxylic acids is 2. The number of benzene rings is 1. The van der Waals surface area contributed by atoms with Gasteiger partial charge in [0.25, 0.3) is 0 Å². The summed E-state index contributed by atoms with van der Waals surface area (Å²) in [5.41, 5.74) is 3.12. The minimum absolute atomic E-state index is 0.213. The van der Waals surface area contributed by atoms with Crippen LogP contribution < -0.4 is 15.5 Å². The molecule has 2 heterocycles. The number of pyridine rings is 1. The van der Waals surface area contributed by atoms with Gasteiger partial charge in [-0.15, -0.1) is 0 Å². The summed E-state index contributed by atoms with van der Waals surface area (Å²) in [6, 6.07) is 11.6. The molecule has 1 saturated heterocycles. The van der Waals surface area contributed by atoms with E-state index in [0.29, 0.717) is 26.1 Å². The highest BCUT2D eigenvalue weighted by molar-refractivity contribution is 5.78. The van der Waals surface area contributed by atoms with Gasteiger partial charge in [-0.05, 0) is 35.2 Å². The van der Waals surface area contributed by atoms with Crippen molar-refractivity contribution in [3.05, 3.63) is 59.3 Å². The molecule has 7 heteroatoms. The molecule has 1 fully saturated rings. The van der Waals surface area contributed by atoms with E-state index >= 15 is 0 Å². The van der Waals surface area contributed by atoms with Gasteiger partial charge in [-0.2, -0.15) is 0 Å². The summed E-state index contributed by atoms with van der Waals surface area (Å²) in [6.07, 6.45) is 3.35. The quantitative estimate of drug-likeness (QED) is 0.771. The summed E-state index contributed by atoms with van der Waals surface area (Å²) < 4.78 is 0. The number of hydrogen-bond donors (Lipinski definition) is 2. The zero-order chi connectivity index (χ0) is 19.9. The molecule has 0 radical (unpaired) electrons. The molecule has 3 amide bonds. The summed E-state index contributed by atoms with van der Waals surface area (Å²) in [5.74, 6) is 1.09. The largest absolute Gasteiger partial charge is 0.363 e. The zero-order valence-corrected chi connectivity index (χ0v) is 16.4. The Balaban J connectivity index is 1.43. The summed E-state index contributed by atoms with van der Waals surface area (Å²) in [6.45, 7) is 2.40. The molecule has 7 nitrogen and oxygen atoms in total. The molecule has 148 valence electrons. The molecule has 0 atom stereocenters. The van der Waals surface area contributed by atoms with Crippen LogP contribution in [0.15, 0.2) is 42.6 Å². The van der Waals surface area contributed by atoms with Gasteiger partial charge in [0.2, 0.25) is 5.91 Å². The Labute approximate surface area is 165 Å². The van der Waals surface area contributed by atoms with Gasteiger partial charge in [-0.1, -0.05) is 24.3 Å². The summed E-state index contributed by atoms with van der Waals surface area (Å²) in [4.78, 5) is 31.8. The number of rotatable bonds is 7. The third-order valence-corrected chi connectivity index (χ3v) is 4.74. The lowest BCUT2D eigenvalue weighted by molar-refractivity contribution is -0.128. The molecule has 2 aromatic rings. The van der Waals surface area contributed by atoms with E-state index in [2.05, 4.69) is 15.6 Å². The summed E-state index contributed by atoms with van der Waals surface area (Å²) in [7, 11) is 3.86. The number of nitrogens with one attached hydrogen (secondary N) is 2. The molecule has 1 aliphatic heterocycles. The van der Waals surface area contributed by atoms with Crippen molar-refractivity contribution in [2.24, 2.45) is 0 Å². The second-order valence-electron chi connectivity index (χ2n) is 7.19. The second-order valence-corrected chi connectivity index (χ2v) is 7.19. The topological polar surface area (TPSA) is 77.6 Å². The number of urea groups is 1. The molecule has 1 aromatic heterocycles. The van der Waals surface area contributed by atoms with Gasteiger partial charge < -0.3 is 20.4 Å². The standard InChI is InChI=1S/C21H27N5O2/c1-25(2)19-12-18(9-10-22-19)14-24-21(28)23-13-16-5-7-17(8-6-16)15-26-11-3-4-20(26)27/h5-10,12H,3-4,11,13-15H2,1-2H3,(H2,23,24,28). The first-order valence-corrected chi connectivity index (χ1v) is 9.51. The Morgan fingerprint density at radius 3 is 2.39 bits per heavy atom. The lowest BCUT2D eigenvalue weighted by Crippen LogP contribution is -2.34. The fourth-order valence-electron chi connectivity index (χ4n) is 3.10. The van der Waals surface area contributed by atoms with Gasteiger partial charge in [0.1, 0.15) is 5.82 Å². The van der Waals surface area contributed by atoms with E-state index in [1.165, 1.54) is 0 Å². The maximum atomic E-state index is 12.0. The Kier molecular flexibility index (Phi) is 6.47. The van der Waals surface area contributed by atoms with Crippen LogP contribution in [0.5, 0.6) is 0 Å². The van der Waals surface area contributed by atoms with Gasteiger partial charge in [-0.3, -0.25) is 4.79 Å². The number of amides is 3. The van der Waals surface area contributed by atoms with Crippen LogP contribution in [0.1, 0.15) is 29.5 Å². The molecule has 0 bridgehead atoms. The smallest absolute Gasteiger partial charge is 0.315 e. The molecule has 1 aromatic carbocycles. The predicted octanol–water partition coefficient (Wildman–Crippen LogP) is 2.27. The van der Waals surface area contributed by atoms with Gasteiger partial charge in [-0.25, -0.2) is 9.78 Å². The van der Waals surface area contributed by atoms with Crippen molar-refractivity contribution < 1.29 is 9.59 Å². The van der Waals surface area contributed by atoms with E-state index in [4.69, 9.17) is 0 Å². The number of carbonyl (C=O) groups is 2. The van der Waals surface area contributed by atoms with Crippen molar-refractivity contribution in [3.8, 4) is 0 Å². The molecular formula is C21H27N5O2. The molecule has 28 heavy (non-hydrogen) atoms. The van der Waals surface area contributed by atoms with E-state index in [1.54, 1.807) is 6.20 Å². The molecule has 0 spiro atoms. The van der Waals surface area contributed by atoms with Crippen LogP contribution in [0, 0.1) is 0 Å². The minimum Gasteiger partial charge on any atom is -0.363 e. The van der Waals surface area contributed by atoms with Crippen molar-refractivity contribution in [3.63, 3.8) is 0 Å². The highest BCUT2D eigenvalue weighted by Crippen LogP contribution is 2.15. The van der Waals surface area contributed by atoms with Crippen molar-refractivity contribution >= 4 is 17.8 Å². The molecule has 1 aliphatic rings. The molecule has 0 unspecified atom stereocenters. The first-order valence-electron chi connectivity index (χ1n) is 9.51. The highest BCUT2D eigenvalue weighted by Gasteiger charge is 2.19. The first kappa shape index (κ1) is 19.7. The van der Waals surface area contributed by atoms with Gasteiger partial charge in [0.05, 0.1) is 0 Å². The molecule has 3 rings (SSSR count). The average molecular weight is 381 g/mol. The third-order valence-electron chi connectivity index (χ3n) is 4.74. The van der Waals surface area contributed by atoms with E-state index in [-0.39, 0.29) is 11.9 Å². The van der Waals surface area contributed by atoms with E-state index in [9.17, 15) is 9.59 Å². The van der Waals surface area contributed by atoms with E-state index in [1.807, 2.05) is 60.3 Å². The zero-order valence-electron chi connectivity index (χ0n) is 16.4. The van der Waals surface area contributed by atoms with Gasteiger partial charge >= 0.3 is 6.03 Å². The Bertz CT molecular complexity index is 820. The molecular weight excluding hydrogens is 354 g/mol. The van der Waals surface area contributed by atoms with Crippen LogP contribution in [0.2, 0.25) is 0 Å². The van der Waals surface area contributed by atoms with E-state index in [0.717, 1.165) is 35.5 Å². The van der Waals surface area contributed by atoms with Gasteiger partial charge in [0.15, 0.2) is 0 Å². The highest BCUT2D eigenvalue weighted by atomic mass is 16.2. The lowest BCUT2D eigenvalue weighted by atomic mass is 10.1. The van der Waals surface area contributed by atoms with Crippen LogP contribution in [0.25, 0.3) is 0 Å². The summed E-state index contributed by atoms with van der Waals surface area (Å²) in [5, 5.41) is 5.72. The summed E-state index contributed by atoms with van der Waals surface area (Å²) >= 11 is 0. The normalized spacial score (nSPS) is 13.5. The number of likely N-dealkylation sites (tertiary alicyclic amines) is 1.